The molecule has 0 spiro atoms. The number of fused-ring (bicyclic) bond motifs is 1. The molecule has 0 atom stereocenters. The number of carbonyl (C=O) groups is 1. The quantitative estimate of drug-likeness (QED) is 0.466. The molecule has 5 rings (SSSR count). The standard InChI is InChI=1S/C23H23F3N8O/c1-32(21-4-2-3-20-29-19(13-33(20)21)23(24,25)26)17-11-7-16(8-12-17)28-22(35)15-5-9-18(10-6-15)34-14-27-30-31-34/h2-6,9-10,13-14,16-17H,7-8,11-12H2,1H3,(H,28,35). The molecule has 1 saturated carbocycles. The molecule has 0 bridgehead atoms. The van der Waals surface area contributed by atoms with Gasteiger partial charge in [0.1, 0.15) is 17.8 Å². The fourth-order valence-electron chi connectivity index (χ4n) is 4.53. The number of nitrogens with one attached hydrogen (secondary N) is 1. The number of tetrazole rings is 1. The Balaban J connectivity index is 1.20. The summed E-state index contributed by atoms with van der Waals surface area (Å²) in [7, 11) is 1.89. The van der Waals surface area contributed by atoms with E-state index in [4.69, 9.17) is 0 Å². The average molecular weight is 484 g/mol. The number of alkyl halides is 3. The summed E-state index contributed by atoms with van der Waals surface area (Å²) in [4.78, 5) is 18.4. The van der Waals surface area contributed by atoms with Gasteiger partial charge >= 0.3 is 6.18 Å². The Morgan fingerprint density at radius 2 is 1.83 bits per heavy atom. The SMILES string of the molecule is CN(c1cccc2nc(C(F)(F)F)cn12)C1CCC(NC(=O)c2ccc(-n3cnnn3)cc2)CC1. The first-order valence-corrected chi connectivity index (χ1v) is 11.2. The smallest absolute Gasteiger partial charge is 0.358 e. The van der Waals surface area contributed by atoms with E-state index in [1.165, 1.54) is 15.4 Å². The van der Waals surface area contributed by atoms with Crippen LogP contribution in [0.25, 0.3) is 11.3 Å². The number of pyridine rings is 1. The van der Waals surface area contributed by atoms with Gasteiger partial charge in [-0.25, -0.2) is 9.67 Å². The zero-order chi connectivity index (χ0) is 24.6. The van der Waals surface area contributed by atoms with Gasteiger partial charge in [0.2, 0.25) is 0 Å². The van der Waals surface area contributed by atoms with Crippen molar-refractivity contribution in [3.05, 3.63) is 66.2 Å². The monoisotopic (exact) mass is 484 g/mol. The van der Waals surface area contributed by atoms with Crippen LogP contribution in [0.2, 0.25) is 0 Å². The number of anilines is 1. The molecule has 1 aliphatic rings. The van der Waals surface area contributed by atoms with Crippen molar-refractivity contribution in [3.63, 3.8) is 0 Å². The lowest BCUT2D eigenvalue weighted by molar-refractivity contribution is -0.140. The van der Waals surface area contributed by atoms with E-state index >= 15 is 0 Å². The lowest BCUT2D eigenvalue weighted by Crippen LogP contribution is -2.43. The van der Waals surface area contributed by atoms with E-state index in [2.05, 4.69) is 25.8 Å². The summed E-state index contributed by atoms with van der Waals surface area (Å²) in [6, 6.07) is 12.3. The zero-order valence-corrected chi connectivity index (χ0v) is 18.9. The minimum atomic E-state index is -4.49. The van der Waals surface area contributed by atoms with Crippen molar-refractivity contribution in [3.8, 4) is 5.69 Å². The predicted molar refractivity (Wildman–Crippen MR) is 121 cm³/mol. The highest BCUT2D eigenvalue weighted by molar-refractivity contribution is 5.94. The van der Waals surface area contributed by atoms with Gasteiger partial charge in [-0.1, -0.05) is 6.07 Å². The third kappa shape index (κ3) is 4.68. The minimum Gasteiger partial charge on any atom is -0.358 e. The summed E-state index contributed by atoms with van der Waals surface area (Å²) in [6.07, 6.45) is 1.18. The van der Waals surface area contributed by atoms with E-state index in [1.807, 2.05) is 11.9 Å². The molecular formula is C23H23F3N8O. The maximum absolute atomic E-state index is 13.1. The van der Waals surface area contributed by atoms with Crippen LogP contribution in [0, 0.1) is 0 Å². The molecule has 4 aromatic rings. The van der Waals surface area contributed by atoms with Crippen molar-refractivity contribution in [2.24, 2.45) is 0 Å². The third-order valence-corrected chi connectivity index (χ3v) is 6.45. The summed E-state index contributed by atoms with van der Waals surface area (Å²) in [5, 5.41) is 14.1. The molecule has 0 saturated heterocycles. The molecule has 0 unspecified atom stereocenters. The van der Waals surface area contributed by atoms with Crippen LogP contribution in [0.15, 0.2) is 55.0 Å². The molecule has 0 radical (unpaired) electrons. The van der Waals surface area contributed by atoms with Crippen molar-refractivity contribution < 1.29 is 18.0 Å². The Morgan fingerprint density at radius 1 is 1.09 bits per heavy atom. The Labute approximate surface area is 198 Å². The number of benzene rings is 1. The van der Waals surface area contributed by atoms with Crippen LogP contribution in [0.1, 0.15) is 41.7 Å². The number of hydrogen-bond acceptors (Lipinski definition) is 6. The normalized spacial score (nSPS) is 18.5. The largest absolute Gasteiger partial charge is 0.434 e. The molecule has 1 amide bonds. The van der Waals surface area contributed by atoms with Crippen LogP contribution in [0.4, 0.5) is 19.0 Å². The fourth-order valence-corrected chi connectivity index (χ4v) is 4.53. The van der Waals surface area contributed by atoms with Gasteiger partial charge in [-0.2, -0.15) is 13.2 Å². The topological polar surface area (TPSA) is 93.2 Å². The second kappa shape index (κ2) is 9.01. The number of halogens is 3. The highest BCUT2D eigenvalue weighted by Crippen LogP contribution is 2.31. The van der Waals surface area contributed by atoms with Crippen molar-refractivity contribution >= 4 is 17.4 Å². The van der Waals surface area contributed by atoms with Crippen LogP contribution in [0.5, 0.6) is 0 Å². The molecule has 9 nitrogen and oxygen atoms in total. The Hall–Kier alpha value is -3.96. The van der Waals surface area contributed by atoms with Crippen molar-refractivity contribution in [1.82, 2.24) is 34.9 Å². The molecule has 3 heterocycles. The van der Waals surface area contributed by atoms with Crippen LogP contribution in [0.3, 0.4) is 0 Å². The number of aromatic nitrogens is 6. The van der Waals surface area contributed by atoms with Gasteiger partial charge in [0.25, 0.3) is 5.91 Å². The van der Waals surface area contributed by atoms with Crippen molar-refractivity contribution in [1.29, 1.82) is 0 Å². The van der Waals surface area contributed by atoms with Gasteiger partial charge in [-0.05, 0) is 72.5 Å². The number of hydrogen-bond donors (Lipinski definition) is 1. The predicted octanol–water partition coefficient (Wildman–Crippen LogP) is 3.51. The first-order chi connectivity index (χ1) is 16.8. The highest BCUT2D eigenvalue weighted by Gasteiger charge is 2.34. The zero-order valence-electron chi connectivity index (χ0n) is 18.9. The summed E-state index contributed by atoms with van der Waals surface area (Å²) >= 11 is 0. The molecule has 1 fully saturated rings. The summed E-state index contributed by atoms with van der Waals surface area (Å²) in [5.41, 5.74) is 0.656. The van der Waals surface area contributed by atoms with Crippen LogP contribution in [-0.4, -0.2) is 54.6 Å². The summed E-state index contributed by atoms with van der Waals surface area (Å²) in [6.45, 7) is 0. The van der Waals surface area contributed by atoms with E-state index in [9.17, 15) is 18.0 Å². The van der Waals surface area contributed by atoms with E-state index in [1.54, 1.807) is 42.5 Å². The van der Waals surface area contributed by atoms with Crippen LogP contribution < -0.4 is 10.2 Å². The number of imidazole rings is 1. The first kappa shape index (κ1) is 22.8. The maximum atomic E-state index is 13.1. The summed E-state index contributed by atoms with van der Waals surface area (Å²) in [5.74, 6) is 0.508. The molecule has 182 valence electrons. The second-order valence-electron chi connectivity index (χ2n) is 8.63. The third-order valence-electron chi connectivity index (χ3n) is 6.45. The van der Waals surface area contributed by atoms with Crippen molar-refractivity contribution in [2.75, 3.05) is 11.9 Å². The Morgan fingerprint density at radius 3 is 2.49 bits per heavy atom. The molecule has 35 heavy (non-hydrogen) atoms. The fraction of sp³-hybridized carbons (Fsp3) is 0.348. The molecule has 1 aliphatic carbocycles. The second-order valence-corrected chi connectivity index (χ2v) is 8.63. The van der Waals surface area contributed by atoms with Gasteiger partial charge in [-0.3, -0.25) is 9.20 Å². The van der Waals surface area contributed by atoms with E-state index < -0.39 is 11.9 Å². The number of nitrogens with zero attached hydrogens (tertiary/aromatic N) is 7. The average Bonchev–Trinajstić information content (AvgIpc) is 3.54. The lowest BCUT2D eigenvalue weighted by Gasteiger charge is -2.36. The number of carbonyl (C=O) groups excluding carboxylic acids is 1. The van der Waals surface area contributed by atoms with E-state index in [-0.39, 0.29) is 23.6 Å². The van der Waals surface area contributed by atoms with Gasteiger partial charge in [0.05, 0.1) is 5.69 Å². The van der Waals surface area contributed by atoms with Crippen molar-refractivity contribution in [2.45, 2.75) is 43.9 Å². The van der Waals surface area contributed by atoms with E-state index in [0.29, 0.717) is 11.4 Å². The van der Waals surface area contributed by atoms with Gasteiger partial charge in [-0.15, -0.1) is 5.10 Å². The van der Waals surface area contributed by atoms with E-state index in [0.717, 1.165) is 37.6 Å². The number of rotatable bonds is 5. The molecule has 1 N–H and O–H groups in total. The Bertz CT molecular complexity index is 1310. The summed E-state index contributed by atoms with van der Waals surface area (Å²) < 4.78 is 42.4. The number of amides is 1. The van der Waals surface area contributed by atoms with Gasteiger partial charge < -0.3 is 10.2 Å². The molecule has 1 aromatic carbocycles. The maximum Gasteiger partial charge on any atom is 0.434 e. The van der Waals surface area contributed by atoms with Crippen LogP contribution >= 0.6 is 0 Å². The Kier molecular flexibility index (Phi) is 5.87. The molecular weight excluding hydrogens is 461 g/mol. The van der Waals surface area contributed by atoms with Crippen LogP contribution in [-0.2, 0) is 6.18 Å². The molecule has 3 aromatic heterocycles. The highest BCUT2D eigenvalue weighted by atomic mass is 19.4. The molecule has 12 heteroatoms. The minimum absolute atomic E-state index is 0.0345. The molecule has 0 aliphatic heterocycles. The van der Waals surface area contributed by atoms with Gasteiger partial charge in [0, 0.05) is 30.9 Å². The first-order valence-electron chi connectivity index (χ1n) is 11.2. The lowest BCUT2D eigenvalue weighted by atomic mass is 9.90. The van der Waals surface area contributed by atoms with Gasteiger partial charge in [0.15, 0.2) is 5.69 Å².